The molecule has 220 valence electrons. The van der Waals surface area contributed by atoms with E-state index in [4.69, 9.17) is 9.47 Å². The topological polar surface area (TPSA) is 105 Å². The molecule has 0 aliphatic heterocycles. The Morgan fingerprint density at radius 3 is 2.15 bits per heavy atom. The highest BCUT2D eigenvalue weighted by Crippen LogP contribution is 2.33. The lowest BCUT2D eigenvalue weighted by Crippen LogP contribution is -2.52. The van der Waals surface area contributed by atoms with Gasteiger partial charge in [-0.15, -0.1) is 0 Å². The maximum absolute atomic E-state index is 14.0. The molecule has 41 heavy (non-hydrogen) atoms. The number of carbonyl (C=O) groups excluding carboxylic acids is 2. The van der Waals surface area contributed by atoms with Gasteiger partial charge in [0.05, 0.1) is 24.8 Å². The largest absolute Gasteiger partial charge is 0.497 e. The Hall–Kier alpha value is -3.57. The van der Waals surface area contributed by atoms with Crippen LogP contribution in [0.3, 0.4) is 0 Å². The molecule has 9 nitrogen and oxygen atoms in total. The zero-order valence-corrected chi connectivity index (χ0v) is 26.2. The molecule has 0 aliphatic carbocycles. The van der Waals surface area contributed by atoms with Gasteiger partial charge in [-0.05, 0) is 74.4 Å². The van der Waals surface area contributed by atoms with Gasteiger partial charge in [-0.2, -0.15) is 0 Å². The first-order valence-electron chi connectivity index (χ1n) is 13.2. The van der Waals surface area contributed by atoms with Crippen molar-refractivity contribution in [2.75, 3.05) is 25.1 Å². The fourth-order valence-electron chi connectivity index (χ4n) is 4.06. The van der Waals surface area contributed by atoms with Gasteiger partial charge in [0.1, 0.15) is 24.1 Å². The lowest BCUT2D eigenvalue weighted by Gasteiger charge is -2.32. The van der Waals surface area contributed by atoms with Gasteiger partial charge in [0.15, 0.2) is 0 Å². The monoisotopic (exact) mass is 645 g/mol. The van der Waals surface area contributed by atoms with Crippen molar-refractivity contribution in [3.63, 3.8) is 0 Å². The second-order valence-corrected chi connectivity index (χ2v) is 12.3. The molecule has 11 heteroatoms. The Balaban J connectivity index is 2.06. The summed E-state index contributed by atoms with van der Waals surface area (Å²) in [6.45, 7) is 5.02. The summed E-state index contributed by atoms with van der Waals surface area (Å²) in [5.74, 6) is -0.112. The molecule has 3 rings (SSSR count). The van der Waals surface area contributed by atoms with Crippen LogP contribution >= 0.6 is 15.9 Å². The van der Waals surface area contributed by atoms with Gasteiger partial charge in [0.25, 0.3) is 10.0 Å². The van der Waals surface area contributed by atoms with Crippen LogP contribution in [0.2, 0.25) is 0 Å². The van der Waals surface area contributed by atoms with E-state index in [0.717, 1.165) is 20.8 Å². The third-order valence-electron chi connectivity index (χ3n) is 6.71. The smallest absolute Gasteiger partial charge is 0.264 e. The predicted molar refractivity (Wildman–Crippen MR) is 163 cm³/mol. The molecule has 0 spiro atoms. The summed E-state index contributed by atoms with van der Waals surface area (Å²) >= 11 is 3.42. The molecule has 0 fully saturated rings. The minimum atomic E-state index is -4.24. The van der Waals surface area contributed by atoms with E-state index < -0.39 is 28.5 Å². The first-order chi connectivity index (χ1) is 19.5. The van der Waals surface area contributed by atoms with Crippen molar-refractivity contribution in [2.24, 2.45) is 0 Å². The van der Waals surface area contributed by atoms with Gasteiger partial charge in [0.2, 0.25) is 11.8 Å². The quantitative estimate of drug-likeness (QED) is 0.281. The maximum Gasteiger partial charge on any atom is 0.264 e. The van der Waals surface area contributed by atoms with Crippen molar-refractivity contribution >= 4 is 43.5 Å². The van der Waals surface area contributed by atoms with E-state index in [1.807, 2.05) is 38.1 Å². The first-order valence-corrected chi connectivity index (χ1v) is 15.4. The highest BCUT2D eigenvalue weighted by molar-refractivity contribution is 9.10. The molecule has 0 aliphatic rings. The number of carbonyl (C=O) groups is 2. The van der Waals surface area contributed by atoms with Gasteiger partial charge in [-0.3, -0.25) is 13.9 Å². The van der Waals surface area contributed by atoms with Crippen LogP contribution in [0.5, 0.6) is 11.5 Å². The van der Waals surface area contributed by atoms with E-state index in [9.17, 15) is 18.0 Å². The number of para-hydroxylation sites is 2. The molecule has 0 bridgehead atoms. The Morgan fingerprint density at radius 2 is 1.56 bits per heavy atom. The molecule has 0 saturated carbocycles. The highest BCUT2D eigenvalue weighted by Gasteiger charge is 2.34. The third kappa shape index (κ3) is 8.01. The van der Waals surface area contributed by atoms with Crippen LogP contribution in [0.15, 0.2) is 82.2 Å². The summed E-state index contributed by atoms with van der Waals surface area (Å²) in [5, 5.41) is 2.93. The number of benzene rings is 3. The van der Waals surface area contributed by atoms with Crippen LogP contribution in [0.1, 0.15) is 32.8 Å². The van der Waals surface area contributed by atoms with Gasteiger partial charge in [-0.1, -0.05) is 47.1 Å². The number of halogens is 1. The number of anilines is 1. The van der Waals surface area contributed by atoms with Crippen molar-refractivity contribution in [2.45, 2.75) is 50.7 Å². The zero-order chi connectivity index (χ0) is 30.2. The number of rotatable bonds is 13. The minimum absolute atomic E-state index is 0.0287. The van der Waals surface area contributed by atoms with Gasteiger partial charge in [0, 0.05) is 17.1 Å². The maximum atomic E-state index is 14.0. The molecule has 0 aromatic heterocycles. The standard InChI is InChI=1S/C30H36BrN3O6S/c1-6-21(2)32-30(36)22(3)33(19-23-11-13-24(31)14-12-23)29(35)20-34(27-9-7-8-10-28(27)40-5)41(37,38)26-17-15-25(39-4)16-18-26/h7-18,21-22H,6,19-20H2,1-5H3,(H,32,36). The molecular formula is C30H36BrN3O6S. The lowest BCUT2D eigenvalue weighted by molar-refractivity contribution is -0.139. The molecule has 0 saturated heterocycles. The van der Waals surface area contributed by atoms with E-state index >= 15 is 0 Å². The van der Waals surface area contributed by atoms with E-state index in [1.54, 1.807) is 31.2 Å². The molecular weight excluding hydrogens is 610 g/mol. The number of nitrogens with zero attached hydrogens (tertiary/aromatic N) is 2. The van der Waals surface area contributed by atoms with E-state index in [1.165, 1.54) is 43.4 Å². The summed E-state index contributed by atoms with van der Waals surface area (Å²) in [6, 6.07) is 18.9. The molecule has 0 heterocycles. The summed E-state index contributed by atoms with van der Waals surface area (Å²) in [4.78, 5) is 28.6. The third-order valence-corrected chi connectivity index (χ3v) is 9.02. The Bertz CT molecular complexity index is 1430. The zero-order valence-electron chi connectivity index (χ0n) is 23.8. The second kappa shape index (κ2) is 14.4. The number of methoxy groups -OCH3 is 2. The summed E-state index contributed by atoms with van der Waals surface area (Å²) in [5.41, 5.74) is 0.978. The number of hydrogen-bond acceptors (Lipinski definition) is 6. The molecule has 3 aromatic carbocycles. The molecule has 2 atom stereocenters. The van der Waals surface area contributed by atoms with Gasteiger partial charge >= 0.3 is 0 Å². The van der Waals surface area contributed by atoms with Gasteiger partial charge < -0.3 is 19.7 Å². The first kappa shape index (κ1) is 32.0. The van der Waals surface area contributed by atoms with Gasteiger partial charge in [-0.25, -0.2) is 8.42 Å². The molecule has 3 aromatic rings. The number of hydrogen-bond donors (Lipinski definition) is 1. The van der Waals surface area contributed by atoms with E-state index in [-0.39, 0.29) is 34.8 Å². The fraction of sp³-hybridized carbons (Fsp3) is 0.333. The van der Waals surface area contributed by atoms with E-state index in [2.05, 4.69) is 21.2 Å². The Labute approximate surface area is 250 Å². The Morgan fingerprint density at radius 1 is 0.927 bits per heavy atom. The molecule has 0 radical (unpaired) electrons. The SMILES string of the molecule is CCC(C)NC(=O)C(C)N(Cc1ccc(Br)cc1)C(=O)CN(c1ccccc1OC)S(=O)(=O)c1ccc(OC)cc1. The fourth-order valence-corrected chi connectivity index (χ4v) is 5.75. The molecule has 1 N–H and O–H groups in total. The average Bonchev–Trinajstić information content (AvgIpc) is 2.98. The number of amides is 2. The normalized spacial score (nSPS) is 12.6. The number of ether oxygens (including phenoxy) is 2. The Kier molecular flexibility index (Phi) is 11.2. The van der Waals surface area contributed by atoms with Crippen LogP contribution in [0, 0.1) is 0 Å². The van der Waals surface area contributed by atoms with Crippen LogP contribution in [-0.4, -0.2) is 58.0 Å². The highest BCUT2D eigenvalue weighted by atomic mass is 79.9. The molecule has 2 unspecified atom stereocenters. The van der Waals surface area contributed by atoms with Crippen molar-refractivity contribution in [3.05, 3.63) is 82.8 Å². The lowest BCUT2D eigenvalue weighted by atomic mass is 10.1. The van der Waals surface area contributed by atoms with Crippen LogP contribution in [-0.2, 0) is 26.2 Å². The molecule has 2 amide bonds. The summed E-state index contributed by atoms with van der Waals surface area (Å²) in [7, 11) is -1.33. The number of sulfonamides is 1. The van der Waals surface area contributed by atoms with Crippen molar-refractivity contribution in [1.29, 1.82) is 0 Å². The summed E-state index contributed by atoms with van der Waals surface area (Å²) < 4.78 is 40.6. The van der Waals surface area contributed by atoms with Crippen LogP contribution in [0.4, 0.5) is 5.69 Å². The van der Waals surface area contributed by atoms with Crippen LogP contribution < -0.4 is 19.1 Å². The average molecular weight is 647 g/mol. The minimum Gasteiger partial charge on any atom is -0.497 e. The second-order valence-electron chi connectivity index (χ2n) is 9.50. The van der Waals surface area contributed by atoms with Crippen molar-refractivity contribution in [3.8, 4) is 11.5 Å². The van der Waals surface area contributed by atoms with Crippen LogP contribution in [0.25, 0.3) is 0 Å². The predicted octanol–water partition coefficient (Wildman–Crippen LogP) is 4.99. The number of nitrogens with one attached hydrogen (secondary N) is 1. The van der Waals surface area contributed by atoms with Crippen molar-refractivity contribution < 1.29 is 27.5 Å². The van der Waals surface area contributed by atoms with Crippen molar-refractivity contribution in [1.82, 2.24) is 10.2 Å². The van der Waals surface area contributed by atoms with E-state index in [0.29, 0.717) is 5.75 Å². The summed E-state index contributed by atoms with van der Waals surface area (Å²) in [6.07, 6.45) is 0.723.